The highest BCUT2D eigenvalue weighted by Gasteiger charge is 2.19. The van der Waals surface area contributed by atoms with E-state index in [1.807, 2.05) is 25.7 Å². The average molecular weight is 273 g/mol. The van der Waals surface area contributed by atoms with E-state index in [2.05, 4.69) is 42.6 Å². The summed E-state index contributed by atoms with van der Waals surface area (Å²) in [5, 5.41) is 7.84. The standard InChI is InChI=1S/C16H23N3O/c1-10-8-15(20-6)11(2)7-13(10)16(17-4)14-9-19(5)18-12(14)3/h7-9,16-17H,1-6H3. The molecule has 0 fully saturated rings. The van der Waals surface area contributed by atoms with Crippen molar-refractivity contribution in [2.45, 2.75) is 26.8 Å². The molecule has 20 heavy (non-hydrogen) atoms. The van der Waals surface area contributed by atoms with E-state index in [1.54, 1.807) is 7.11 Å². The lowest BCUT2D eigenvalue weighted by molar-refractivity contribution is 0.411. The largest absolute Gasteiger partial charge is 0.496 e. The maximum absolute atomic E-state index is 5.39. The Hall–Kier alpha value is -1.81. The van der Waals surface area contributed by atoms with Gasteiger partial charge in [-0.1, -0.05) is 6.07 Å². The van der Waals surface area contributed by atoms with E-state index in [1.165, 1.54) is 16.7 Å². The Balaban J connectivity index is 2.52. The second kappa shape index (κ2) is 5.67. The van der Waals surface area contributed by atoms with E-state index in [0.717, 1.165) is 17.0 Å². The molecule has 0 aliphatic rings. The Morgan fingerprint density at radius 3 is 2.35 bits per heavy atom. The minimum Gasteiger partial charge on any atom is -0.496 e. The van der Waals surface area contributed by atoms with E-state index in [-0.39, 0.29) is 6.04 Å². The first kappa shape index (κ1) is 14.6. The molecule has 0 aliphatic carbocycles. The van der Waals surface area contributed by atoms with Crippen molar-refractivity contribution in [1.82, 2.24) is 15.1 Å². The van der Waals surface area contributed by atoms with E-state index < -0.39 is 0 Å². The highest BCUT2D eigenvalue weighted by Crippen LogP contribution is 2.31. The fourth-order valence-electron chi connectivity index (χ4n) is 2.72. The molecule has 108 valence electrons. The molecule has 4 heteroatoms. The van der Waals surface area contributed by atoms with Crippen LogP contribution in [0, 0.1) is 20.8 Å². The van der Waals surface area contributed by atoms with Gasteiger partial charge in [-0.05, 0) is 50.6 Å². The Bertz CT molecular complexity index is 616. The van der Waals surface area contributed by atoms with Crippen molar-refractivity contribution in [3.05, 3.63) is 46.3 Å². The van der Waals surface area contributed by atoms with Crippen LogP contribution in [0.2, 0.25) is 0 Å². The molecular weight excluding hydrogens is 250 g/mol. The highest BCUT2D eigenvalue weighted by atomic mass is 16.5. The smallest absolute Gasteiger partial charge is 0.122 e. The van der Waals surface area contributed by atoms with Gasteiger partial charge in [0.25, 0.3) is 0 Å². The van der Waals surface area contributed by atoms with E-state index >= 15 is 0 Å². The third-order valence-corrected chi connectivity index (χ3v) is 3.75. The summed E-state index contributed by atoms with van der Waals surface area (Å²) in [6.45, 7) is 6.24. The SMILES string of the molecule is CNC(c1cc(C)c(OC)cc1C)c1cn(C)nc1C. The van der Waals surface area contributed by atoms with Crippen molar-refractivity contribution in [2.24, 2.45) is 7.05 Å². The van der Waals surface area contributed by atoms with Gasteiger partial charge in [0.2, 0.25) is 0 Å². The molecule has 0 amide bonds. The molecule has 2 rings (SSSR count). The molecule has 1 N–H and O–H groups in total. The monoisotopic (exact) mass is 273 g/mol. The van der Waals surface area contributed by atoms with Crippen molar-refractivity contribution in [3.8, 4) is 5.75 Å². The fraction of sp³-hybridized carbons (Fsp3) is 0.438. The van der Waals surface area contributed by atoms with Crippen molar-refractivity contribution >= 4 is 0 Å². The van der Waals surface area contributed by atoms with Gasteiger partial charge >= 0.3 is 0 Å². The van der Waals surface area contributed by atoms with Gasteiger partial charge in [0.15, 0.2) is 0 Å². The third-order valence-electron chi connectivity index (χ3n) is 3.75. The van der Waals surface area contributed by atoms with Gasteiger partial charge in [-0.3, -0.25) is 4.68 Å². The number of hydrogen-bond donors (Lipinski definition) is 1. The summed E-state index contributed by atoms with van der Waals surface area (Å²) < 4.78 is 7.25. The maximum atomic E-state index is 5.39. The molecule has 0 radical (unpaired) electrons. The summed E-state index contributed by atoms with van der Waals surface area (Å²) in [5.41, 5.74) is 5.90. The Morgan fingerprint density at radius 2 is 1.85 bits per heavy atom. The van der Waals surface area contributed by atoms with Crippen LogP contribution in [0.5, 0.6) is 5.75 Å². The lowest BCUT2D eigenvalue weighted by Gasteiger charge is -2.20. The molecule has 2 aromatic rings. The van der Waals surface area contributed by atoms with Crippen LogP contribution in [-0.4, -0.2) is 23.9 Å². The quantitative estimate of drug-likeness (QED) is 0.931. The normalized spacial score (nSPS) is 12.5. The Morgan fingerprint density at radius 1 is 1.15 bits per heavy atom. The predicted octanol–water partition coefficient (Wildman–Crippen LogP) is 2.66. The summed E-state index contributed by atoms with van der Waals surface area (Å²) in [5.74, 6) is 0.934. The summed E-state index contributed by atoms with van der Waals surface area (Å²) in [4.78, 5) is 0. The molecule has 0 aliphatic heterocycles. The van der Waals surface area contributed by atoms with Crippen LogP contribution in [0.1, 0.15) is 34.0 Å². The highest BCUT2D eigenvalue weighted by molar-refractivity contribution is 5.46. The maximum Gasteiger partial charge on any atom is 0.122 e. The minimum atomic E-state index is 0.147. The molecule has 0 saturated carbocycles. The molecule has 1 heterocycles. The van der Waals surface area contributed by atoms with E-state index in [4.69, 9.17) is 4.74 Å². The number of nitrogens with one attached hydrogen (secondary N) is 1. The first-order chi connectivity index (χ1) is 9.47. The number of nitrogens with zero attached hydrogens (tertiary/aromatic N) is 2. The number of aryl methyl sites for hydroxylation is 4. The zero-order valence-electron chi connectivity index (χ0n) is 13.1. The van der Waals surface area contributed by atoms with Crippen molar-refractivity contribution in [3.63, 3.8) is 0 Å². The second-order valence-electron chi connectivity index (χ2n) is 5.24. The summed E-state index contributed by atoms with van der Waals surface area (Å²) in [6.07, 6.45) is 2.08. The summed E-state index contributed by atoms with van der Waals surface area (Å²) in [6, 6.07) is 4.44. The molecular formula is C16H23N3O. The van der Waals surface area contributed by atoms with Gasteiger partial charge in [0, 0.05) is 18.8 Å². The molecule has 1 aromatic heterocycles. The Labute approximate surface area is 120 Å². The van der Waals surface area contributed by atoms with Gasteiger partial charge in [0.05, 0.1) is 18.8 Å². The van der Waals surface area contributed by atoms with Crippen LogP contribution in [0.3, 0.4) is 0 Å². The number of benzene rings is 1. The minimum absolute atomic E-state index is 0.147. The lowest BCUT2D eigenvalue weighted by Crippen LogP contribution is -2.19. The van der Waals surface area contributed by atoms with Crippen LogP contribution in [0.25, 0.3) is 0 Å². The number of rotatable bonds is 4. The van der Waals surface area contributed by atoms with Gasteiger partial charge < -0.3 is 10.1 Å². The lowest BCUT2D eigenvalue weighted by atomic mass is 9.93. The fourth-order valence-corrected chi connectivity index (χ4v) is 2.72. The summed E-state index contributed by atoms with van der Waals surface area (Å²) >= 11 is 0. The van der Waals surface area contributed by atoms with Gasteiger partial charge in [-0.15, -0.1) is 0 Å². The molecule has 1 atom stereocenters. The van der Waals surface area contributed by atoms with Crippen LogP contribution in [-0.2, 0) is 7.05 Å². The Kier molecular flexibility index (Phi) is 4.14. The van der Waals surface area contributed by atoms with Crippen LogP contribution >= 0.6 is 0 Å². The van der Waals surface area contributed by atoms with Crippen LogP contribution in [0.4, 0.5) is 0 Å². The van der Waals surface area contributed by atoms with Gasteiger partial charge in [-0.25, -0.2) is 0 Å². The molecule has 4 nitrogen and oxygen atoms in total. The first-order valence-corrected chi connectivity index (χ1v) is 6.80. The number of hydrogen-bond acceptors (Lipinski definition) is 3. The second-order valence-corrected chi connectivity index (χ2v) is 5.24. The van der Waals surface area contributed by atoms with E-state index in [9.17, 15) is 0 Å². The van der Waals surface area contributed by atoms with Gasteiger partial charge in [0.1, 0.15) is 5.75 Å². The molecule has 0 spiro atoms. The predicted molar refractivity (Wildman–Crippen MR) is 81.3 cm³/mol. The zero-order valence-corrected chi connectivity index (χ0v) is 13.1. The first-order valence-electron chi connectivity index (χ1n) is 6.80. The average Bonchev–Trinajstić information content (AvgIpc) is 2.73. The van der Waals surface area contributed by atoms with Crippen LogP contribution < -0.4 is 10.1 Å². The number of ether oxygens (including phenoxy) is 1. The summed E-state index contributed by atoms with van der Waals surface area (Å²) in [7, 11) is 5.65. The van der Waals surface area contributed by atoms with Crippen molar-refractivity contribution in [1.29, 1.82) is 0 Å². The van der Waals surface area contributed by atoms with Gasteiger partial charge in [-0.2, -0.15) is 5.10 Å². The topological polar surface area (TPSA) is 39.1 Å². The molecule has 1 unspecified atom stereocenters. The number of aromatic nitrogens is 2. The molecule has 1 aromatic carbocycles. The molecule has 0 saturated heterocycles. The van der Waals surface area contributed by atoms with E-state index in [0.29, 0.717) is 0 Å². The molecule has 0 bridgehead atoms. The van der Waals surface area contributed by atoms with Crippen molar-refractivity contribution in [2.75, 3.05) is 14.2 Å². The zero-order chi connectivity index (χ0) is 14.9. The van der Waals surface area contributed by atoms with Crippen molar-refractivity contribution < 1.29 is 4.74 Å². The van der Waals surface area contributed by atoms with Crippen LogP contribution in [0.15, 0.2) is 18.3 Å². The number of methoxy groups -OCH3 is 1. The third kappa shape index (κ3) is 2.56.